The molecule has 0 bridgehead atoms. The first-order valence-corrected chi connectivity index (χ1v) is 9.96. The van der Waals surface area contributed by atoms with Gasteiger partial charge in [0, 0.05) is 22.2 Å². The number of phenols is 1. The predicted molar refractivity (Wildman–Crippen MR) is 118 cm³/mol. The van der Waals surface area contributed by atoms with Crippen LogP contribution in [0.15, 0.2) is 72.1 Å². The van der Waals surface area contributed by atoms with Gasteiger partial charge < -0.3 is 20.3 Å². The summed E-state index contributed by atoms with van der Waals surface area (Å²) in [6, 6.07) is 20.2. The molecule has 4 aromatic rings. The Morgan fingerprint density at radius 3 is 2.57 bits per heavy atom. The van der Waals surface area contributed by atoms with Gasteiger partial charge in [0.2, 0.25) is 0 Å². The Balaban J connectivity index is 1.62. The van der Waals surface area contributed by atoms with Gasteiger partial charge in [0.05, 0.1) is 12.8 Å². The molecule has 0 amide bonds. The van der Waals surface area contributed by atoms with Crippen molar-refractivity contribution >= 4 is 28.1 Å². The SMILES string of the molecule is COc1ccc(Nc2nc(-c3ccc(O)c(C(=O)O)c3)cs2)cc1-c1ccccc1. The molecule has 3 aromatic carbocycles. The highest BCUT2D eigenvalue weighted by Crippen LogP contribution is 2.35. The van der Waals surface area contributed by atoms with Crippen LogP contribution >= 0.6 is 11.3 Å². The van der Waals surface area contributed by atoms with Gasteiger partial charge in [-0.2, -0.15) is 0 Å². The summed E-state index contributed by atoms with van der Waals surface area (Å²) < 4.78 is 5.50. The van der Waals surface area contributed by atoms with Gasteiger partial charge >= 0.3 is 5.97 Å². The van der Waals surface area contributed by atoms with E-state index >= 15 is 0 Å². The van der Waals surface area contributed by atoms with Gasteiger partial charge in [0.25, 0.3) is 0 Å². The molecule has 7 heteroatoms. The minimum absolute atomic E-state index is 0.155. The van der Waals surface area contributed by atoms with Crippen molar-refractivity contribution in [1.82, 2.24) is 4.98 Å². The van der Waals surface area contributed by atoms with Crippen LogP contribution < -0.4 is 10.1 Å². The molecule has 150 valence electrons. The molecule has 4 rings (SSSR count). The Morgan fingerprint density at radius 1 is 1.03 bits per heavy atom. The van der Waals surface area contributed by atoms with Crippen LogP contribution in [0.25, 0.3) is 22.4 Å². The third-order valence-electron chi connectivity index (χ3n) is 4.56. The summed E-state index contributed by atoms with van der Waals surface area (Å²) in [5.74, 6) is -0.682. The Hall–Kier alpha value is -3.84. The summed E-state index contributed by atoms with van der Waals surface area (Å²) in [7, 11) is 1.64. The van der Waals surface area contributed by atoms with E-state index < -0.39 is 5.97 Å². The highest BCUT2D eigenvalue weighted by atomic mass is 32.1. The molecule has 0 aliphatic heterocycles. The summed E-state index contributed by atoms with van der Waals surface area (Å²) >= 11 is 1.41. The van der Waals surface area contributed by atoms with Crippen molar-refractivity contribution in [1.29, 1.82) is 0 Å². The maximum absolute atomic E-state index is 11.3. The maximum atomic E-state index is 11.3. The fraction of sp³-hybridized carbons (Fsp3) is 0.0435. The Kier molecular flexibility index (Phi) is 5.36. The van der Waals surface area contributed by atoms with E-state index in [-0.39, 0.29) is 11.3 Å². The number of carboxylic acids is 1. The minimum atomic E-state index is -1.19. The van der Waals surface area contributed by atoms with E-state index in [1.165, 1.54) is 23.5 Å². The van der Waals surface area contributed by atoms with Crippen LogP contribution in [0.5, 0.6) is 11.5 Å². The zero-order chi connectivity index (χ0) is 21.1. The van der Waals surface area contributed by atoms with E-state index in [9.17, 15) is 15.0 Å². The third-order valence-corrected chi connectivity index (χ3v) is 5.32. The molecule has 0 atom stereocenters. The molecule has 0 aliphatic carbocycles. The molecule has 0 spiro atoms. The summed E-state index contributed by atoms with van der Waals surface area (Å²) in [6.45, 7) is 0. The molecule has 30 heavy (non-hydrogen) atoms. The monoisotopic (exact) mass is 418 g/mol. The summed E-state index contributed by atoms with van der Waals surface area (Å²) in [5.41, 5.74) is 3.95. The molecule has 0 saturated carbocycles. The number of ether oxygens (including phenoxy) is 1. The molecule has 3 N–H and O–H groups in total. The van der Waals surface area contributed by atoms with Gasteiger partial charge in [-0.15, -0.1) is 11.3 Å². The zero-order valence-electron chi connectivity index (χ0n) is 16.0. The lowest BCUT2D eigenvalue weighted by Gasteiger charge is -2.11. The van der Waals surface area contributed by atoms with E-state index in [1.54, 1.807) is 13.2 Å². The lowest BCUT2D eigenvalue weighted by molar-refractivity contribution is 0.0694. The quantitative estimate of drug-likeness (QED) is 0.376. The van der Waals surface area contributed by atoms with Crippen molar-refractivity contribution in [2.45, 2.75) is 0 Å². The summed E-state index contributed by atoms with van der Waals surface area (Å²) in [6.07, 6.45) is 0. The van der Waals surface area contributed by atoms with Gasteiger partial charge in [-0.05, 0) is 42.0 Å². The molecule has 0 unspecified atom stereocenters. The zero-order valence-corrected chi connectivity index (χ0v) is 16.8. The first kappa shape index (κ1) is 19.5. The number of hydrogen-bond acceptors (Lipinski definition) is 6. The van der Waals surface area contributed by atoms with Gasteiger partial charge in [0.1, 0.15) is 17.1 Å². The second kappa shape index (κ2) is 8.26. The minimum Gasteiger partial charge on any atom is -0.507 e. The molecular formula is C23H18N2O4S. The van der Waals surface area contributed by atoms with Crippen LogP contribution in [0.2, 0.25) is 0 Å². The van der Waals surface area contributed by atoms with Crippen LogP contribution in [0, 0.1) is 0 Å². The van der Waals surface area contributed by atoms with Gasteiger partial charge in [-0.3, -0.25) is 0 Å². The maximum Gasteiger partial charge on any atom is 0.339 e. The molecule has 1 heterocycles. The van der Waals surface area contributed by atoms with Crippen molar-refractivity contribution in [2.24, 2.45) is 0 Å². The Morgan fingerprint density at radius 2 is 1.83 bits per heavy atom. The molecule has 1 aromatic heterocycles. The summed E-state index contributed by atoms with van der Waals surface area (Å²) in [4.78, 5) is 15.8. The Bertz CT molecular complexity index is 1210. The first-order valence-electron chi connectivity index (χ1n) is 9.08. The fourth-order valence-corrected chi connectivity index (χ4v) is 3.82. The van der Waals surface area contributed by atoms with Crippen LogP contribution in [0.1, 0.15) is 10.4 Å². The van der Waals surface area contributed by atoms with Crippen molar-refractivity contribution in [2.75, 3.05) is 12.4 Å². The average Bonchev–Trinajstić information content (AvgIpc) is 3.23. The number of nitrogens with one attached hydrogen (secondary N) is 1. The van der Waals surface area contributed by atoms with E-state index in [0.29, 0.717) is 16.4 Å². The van der Waals surface area contributed by atoms with E-state index in [2.05, 4.69) is 10.3 Å². The number of hydrogen-bond donors (Lipinski definition) is 3. The molecular weight excluding hydrogens is 400 g/mol. The Labute approximate surface area is 177 Å². The number of methoxy groups -OCH3 is 1. The number of aromatic nitrogens is 1. The number of rotatable bonds is 6. The lowest BCUT2D eigenvalue weighted by Crippen LogP contribution is -1.97. The topological polar surface area (TPSA) is 91.7 Å². The number of aromatic carboxylic acids is 1. The number of benzene rings is 3. The van der Waals surface area contributed by atoms with Crippen LogP contribution in [0.3, 0.4) is 0 Å². The standard InChI is InChI=1S/C23H18N2O4S/c1-29-21-10-8-16(12-17(21)14-5-3-2-4-6-14)24-23-25-19(13-30-23)15-7-9-20(26)18(11-15)22(27)28/h2-13,26H,1H3,(H,24,25)(H,27,28). The second-order valence-corrected chi connectivity index (χ2v) is 7.34. The van der Waals surface area contributed by atoms with Crippen LogP contribution in [-0.4, -0.2) is 28.3 Å². The molecule has 0 aliphatic rings. The predicted octanol–water partition coefficient (Wildman–Crippen LogP) is 5.63. The van der Waals surface area contributed by atoms with E-state index in [0.717, 1.165) is 22.6 Å². The molecule has 0 saturated heterocycles. The van der Waals surface area contributed by atoms with Crippen molar-refractivity contribution < 1.29 is 19.7 Å². The van der Waals surface area contributed by atoms with Crippen molar-refractivity contribution in [3.63, 3.8) is 0 Å². The van der Waals surface area contributed by atoms with Gasteiger partial charge in [-0.25, -0.2) is 9.78 Å². The largest absolute Gasteiger partial charge is 0.507 e. The van der Waals surface area contributed by atoms with Crippen molar-refractivity contribution in [3.8, 4) is 33.9 Å². The third kappa shape index (κ3) is 3.97. The van der Waals surface area contributed by atoms with E-state index in [1.807, 2.05) is 53.9 Å². The number of nitrogens with zero attached hydrogens (tertiary/aromatic N) is 1. The molecule has 0 fully saturated rings. The lowest BCUT2D eigenvalue weighted by atomic mass is 10.0. The van der Waals surface area contributed by atoms with Gasteiger partial charge in [-0.1, -0.05) is 30.3 Å². The first-order chi connectivity index (χ1) is 14.5. The average molecular weight is 418 g/mol. The number of carbonyl (C=O) groups is 1. The van der Waals surface area contributed by atoms with E-state index in [4.69, 9.17) is 4.74 Å². The second-order valence-electron chi connectivity index (χ2n) is 6.48. The highest BCUT2D eigenvalue weighted by Gasteiger charge is 2.13. The number of carboxylic acid groups (broad SMARTS) is 1. The fourth-order valence-electron chi connectivity index (χ4n) is 3.08. The number of anilines is 2. The molecule has 0 radical (unpaired) electrons. The summed E-state index contributed by atoms with van der Waals surface area (Å²) in [5, 5.41) is 24.7. The number of thiazole rings is 1. The van der Waals surface area contributed by atoms with Crippen LogP contribution in [-0.2, 0) is 0 Å². The number of aromatic hydroxyl groups is 1. The molecule has 6 nitrogen and oxygen atoms in total. The smallest absolute Gasteiger partial charge is 0.339 e. The highest BCUT2D eigenvalue weighted by molar-refractivity contribution is 7.14. The normalized spacial score (nSPS) is 10.6. The van der Waals surface area contributed by atoms with Gasteiger partial charge in [0.15, 0.2) is 5.13 Å². The van der Waals surface area contributed by atoms with Crippen LogP contribution in [0.4, 0.5) is 10.8 Å². The van der Waals surface area contributed by atoms with Crippen molar-refractivity contribution in [3.05, 3.63) is 77.7 Å².